The second-order valence-electron chi connectivity index (χ2n) is 5.39. The van der Waals surface area contributed by atoms with Crippen molar-refractivity contribution in [3.05, 3.63) is 29.3 Å². The second-order valence-corrected chi connectivity index (χ2v) is 7.30. The minimum absolute atomic E-state index is 0.465. The number of hydrogen-bond donors (Lipinski definition) is 1. The first-order chi connectivity index (χ1) is 9.57. The summed E-state index contributed by atoms with van der Waals surface area (Å²) in [5.41, 5.74) is 1.91. The normalized spacial score (nSPS) is 17.9. The van der Waals surface area contributed by atoms with E-state index in [9.17, 15) is 8.42 Å². The van der Waals surface area contributed by atoms with E-state index >= 15 is 0 Å². The minimum Gasteiger partial charge on any atom is -0.316 e. The van der Waals surface area contributed by atoms with E-state index in [0.29, 0.717) is 24.5 Å². The van der Waals surface area contributed by atoms with Crippen molar-refractivity contribution in [2.75, 3.05) is 20.1 Å². The fraction of sp³-hybridized carbons (Fsp3) is 0.600. The van der Waals surface area contributed by atoms with Gasteiger partial charge in [-0.3, -0.25) is 0 Å². The molecule has 1 aromatic carbocycles. The Morgan fingerprint density at radius 2 is 1.80 bits per heavy atom. The number of benzene rings is 1. The number of sulfonamides is 1. The lowest BCUT2D eigenvalue weighted by Crippen LogP contribution is -2.32. The van der Waals surface area contributed by atoms with Crippen molar-refractivity contribution in [1.29, 1.82) is 0 Å². The Bertz CT molecular complexity index is 547. The van der Waals surface area contributed by atoms with E-state index in [4.69, 9.17) is 0 Å². The Kier molecular flexibility index (Phi) is 5.18. The van der Waals surface area contributed by atoms with Gasteiger partial charge in [0.05, 0.1) is 4.90 Å². The molecular formula is C15H24N2O2S. The molecule has 5 heteroatoms. The third kappa shape index (κ3) is 3.22. The summed E-state index contributed by atoms with van der Waals surface area (Å²) in [6.45, 7) is 3.89. The van der Waals surface area contributed by atoms with Gasteiger partial charge in [-0.25, -0.2) is 8.42 Å². The van der Waals surface area contributed by atoms with Crippen molar-refractivity contribution in [1.82, 2.24) is 9.62 Å². The molecule has 1 aliphatic heterocycles. The molecule has 0 amide bonds. The molecule has 0 bridgehead atoms. The first-order valence-electron chi connectivity index (χ1n) is 7.30. The largest absolute Gasteiger partial charge is 0.316 e. The van der Waals surface area contributed by atoms with E-state index in [1.165, 1.54) is 0 Å². The molecule has 2 rings (SSSR count). The van der Waals surface area contributed by atoms with Crippen LogP contribution < -0.4 is 5.32 Å². The van der Waals surface area contributed by atoms with Gasteiger partial charge >= 0.3 is 0 Å². The van der Waals surface area contributed by atoms with Crippen LogP contribution in [0.5, 0.6) is 0 Å². The predicted octanol–water partition coefficient (Wildman–Crippen LogP) is 2.28. The van der Waals surface area contributed by atoms with Crippen LogP contribution in [0.15, 0.2) is 23.1 Å². The van der Waals surface area contributed by atoms with Gasteiger partial charge in [-0.1, -0.05) is 25.0 Å². The summed E-state index contributed by atoms with van der Waals surface area (Å²) < 4.78 is 27.3. The molecule has 0 aromatic heterocycles. The molecule has 0 spiro atoms. The van der Waals surface area contributed by atoms with E-state index < -0.39 is 10.0 Å². The Morgan fingerprint density at radius 3 is 2.40 bits per heavy atom. The number of rotatable bonds is 4. The molecule has 1 saturated heterocycles. The summed E-state index contributed by atoms with van der Waals surface area (Å²) in [5, 5.41) is 3.08. The van der Waals surface area contributed by atoms with Gasteiger partial charge in [0.25, 0.3) is 0 Å². The molecule has 1 heterocycles. The Hall–Kier alpha value is -0.910. The van der Waals surface area contributed by atoms with Crippen LogP contribution in [-0.4, -0.2) is 32.9 Å². The third-order valence-corrected chi connectivity index (χ3v) is 5.99. The van der Waals surface area contributed by atoms with Crippen LogP contribution in [0.4, 0.5) is 0 Å². The highest BCUT2D eigenvalue weighted by Gasteiger charge is 2.27. The number of hydrogen-bond acceptors (Lipinski definition) is 3. The molecule has 1 N–H and O–H groups in total. The van der Waals surface area contributed by atoms with Crippen LogP contribution in [0.3, 0.4) is 0 Å². The zero-order valence-electron chi connectivity index (χ0n) is 12.4. The molecule has 1 fully saturated rings. The topological polar surface area (TPSA) is 49.4 Å². The number of nitrogens with zero attached hydrogens (tertiary/aromatic N) is 1. The first-order valence-corrected chi connectivity index (χ1v) is 8.74. The van der Waals surface area contributed by atoms with E-state index in [-0.39, 0.29) is 0 Å². The van der Waals surface area contributed by atoms with Crippen LogP contribution in [-0.2, 0) is 16.6 Å². The van der Waals surface area contributed by atoms with E-state index in [0.717, 1.165) is 36.8 Å². The fourth-order valence-corrected chi connectivity index (χ4v) is 4.53. The van der Waals surface area contributed by atoms with Gasteiger partial charge in [-0.2, -0.15) is 4.31 Å². The summed E-state index contributed by atoms with van der Waals surface area (Å²) in [4.78, 5) is 0.465. The molecular weight excluding hydrogens is 272 g/mol. The van der Waals surface area contributed by atoms with Crippen molar-refractivity contribution in [2.24, 2.45) is 0 Å². The van der Waals surface area contributed by atoms with Gasteiger partial charge in [0.2, 0.25) is 10.0 Å². The lowest BCUT2D eigenvalue weighted by Gasteiger charge is -2.22. The van der Waals surface area contributed by atoms with Crippen molar-refractivity contribution in [2.45, 2.75) is 44.0 Å². The summed E-state index contributed by atoms with van der Waals surface area (Å²) in [6, 6.07) is 5.55. The lowest BCUT2D eigenvalue weighted by molar-refractivity contribution is 0.423. The zero-order chi connectivity index (χ0) is 14.6. The Balaban J connectivity index is 2.35. The highest BCUT2D eigenvalue weighted by molar-refractivity contribution is 7.89. The maximum Gasteiger partial charge on any atom is 0.243 e. The van der Waals surface area contributed by atoms with E-state index in [1.54, 1.807) is 10.4 Å². The van der Waals surface area contributed by atoms with Crippen LogP contribution in [0.2, 0.25) is 0 Å². The zero-order valence-corrected chi connectivity index (χ0v) is 13.2. The molecule has 0 unspecified atom stereocenters. The Labute approximate surface area is 122 Å². The highest BCUT2D eigenvalue weighted by atomic mass is 32.2. The molecule has 112 valence electrons. The van der Waals surface area contributed by atoms with Crippen LogP contribution in [0, 0.1) is 6.92 Å². The van der Waals surface area contributed by atoms with E-state index in [1.807, 2.05) is 26.1 Å². The SMILES string of the molecule is CNCc1cccc(S(=O)(=O)N2CCCCCC2)c1C. The molecule has 0 saturated carbocycles. The summed E-state index contributed by atoms with van der Waals surface area (Å²) >= 11 is 0. The summed E-state index contributed by atoms with van der Waals surface area (Å²) in [5.74, 6) is 0. The summed E-state index contributed by atoms with van der Waals surface area (Å²) in [7, 11) is -1.48. The molecule has 1 aliphatic rings. The maximum atomic E-state index is 12.8. The van der Waals surface area contributed by atoms with Gasteiger partial charge < -0.3 is 5.32 Å². The summed E-state index contributed by atoms with van der Waals surface area (Å²) in [6.07, 6.45) is 4.19. The molecule has 0 atom stereocenters. The van der Waals surface area contributed by atoms with Crippen molar-refractivity contribution in [3.63, 3.8) is 0 Å². The minimum atomic E-state index is -3.35. The highest BCUT2D eigenvalue weighted by Crippen LogP contribution is 2.24. The van der Waals surface area contributed by atoms with Crippen molar-refractivity contribution in [3.8, 4) is 0 Å². The molecule has 0 aliphatic carbocycles. The standard InChI is InChI=1S/C15H24N2O2S/c1-13-14(12-16-2)8-7-9-15(13)20(18,19)17-10-5-3-4-6-11-17/h7-9,16H,3-6,10-12H2,1-2H3. The molecule has 0 radical (unpaired) electrons. The fourth-order valence-electron chi connectivity index (χ4n) is 2.74. The first kappa shape index (κ1) is 15.5. The third-order valence-electron chi connectivity index (χ3n) is 3.95. The second kappa shape index (κ2) is 6.70. The quantitative estimate of drug-likeness (QED) is 0.927. The average molecular weight is 296 g/mol. The van der Waals surface area contributed by atoms with E-state index in [2.05, 4.69) is 5.32 Å². The van der Waals surface area contributed by atoms with Gasteiger partial charge in [-0.15, -0.1) is 0 Å². The van der Waals surface area contributed by atoms with Crippen molar-refractivity contribution < 1.29 is 8.42 Å². The lowest BCUT2D eigenvalue weighted by atomic mass is 10.1. The monoisotopic (exact) mass is 296 g/mol. The van der Waals surface area contributed by atoms with Gasteiger partial charge in [0.1, 0.15) is 0 Å². The smallest absolute Gasteiger partial charge is 0.243 e. The van der Waals surface area contributed by atoms with Crippen LogP contribution in [0.1, 0.15) is 36.8 Å². The molecule has 4 nitrogen and oxygen atoms in total. The number of nitrogens with one attached hydrogen (secondary N) is 1. The van der Waals surface area contributed by atoms with Gasteiger partial charge in [0, 0.05) is 19.6 Å². The van der Waals surface area contributed by atoms with Crippen molar-refractivity contribution >= 4 is 10.0 Å². The molecule has 1 aromatic rings. The van der Waals surface area contributed by atoms with Crippen LogP contribution in [0.25, 0.3) is 0 Å². The average Bonchev–Trinajstić information content (AvgIpc) is 2.70. The van der Waals surface area contributed by atoms with Crippen LogP contribution >= 0.6 is 0 Å². The van der Waals surface area contributed by atoms with Gasteiger partial charge in [0.15, 0.2) is 0 Å². The predicted molar refractivity (Wildman–Crippen MR) is 81.2 cm³/mol. The Morgan fingerprint density at radius 1 is 1.15 bits per heavy atom. The maximum absolute atomic E-state index is 12.8. The van der Waals surface area contributed by atoms with Gasteiger partial charge in [-0.05, 0) is 44.0 Å². The molecule has 20 heavy (non-hydrogen) atoms.